The third-order valence-electron chi connectivity index (χ3n) is 3.93. The van der Waals surface area contributed by atoms with E-state index >= 15 is 0 Å². The number of carbonyl (C=O) groups is 1. The standard InChI is InChI=1S/C16H21N3O2/c1-11(15(20)17-10-9-12-7-8-12)21-16-13-5-3-4-6-14(13)19(2)18-16/h3-6,11-12H,7-10H2,1-2H3,(H,17,20)/t11-/m1/s1. The van der Waals surface area contributed by atoms with Crippen LogP contribution in [0, 0.1) is 5.92 Å². The van der Waals surface area contributed by atoms with Gasteiger partial charge in [0.1, 0.15) is 0 Å². The van der Waals surface area contributed by atoms with Gasteiger partial charge >= 0.3 is 0 Å². The number of nitrogens with one attached hydrogen (secondary N) is 1. The Hall–Kier alpha value is -2.04. The highest BCUT2D eigenvalue weighted by Crippen LogP contribution is 2.31. The predicted molar refractivity (Wildman–Crippen MR) is 81.2 cm³/mol. The molecule has 0 spiro atoms. The summed E-state index contributed by atoms with van der Waals surface area (Å²) in [5.74, 6) is 1.25. The van der Waals surface area contributed by atoms with E-state index in [1.807, 2.05) is 31.3 Å². The molecule has 112 valence electrons. The van der Waals surface area contributed by atoms with E-state index in [1.165, 1.54) is 12.8 Å². The molecule has 0 aliphatic heterocycles. The van der Waals surface area contributed by atoms with Crippen molar-refractivity contribution in [2.75, 3.05) is 6.54 Å². The summed E-state index contributed by atoms with van der Waals surface area (Å²) >= 11 is 0. The lowest BCUT2D eigenvalue weighted by Gasteiger charge is -2.13. The minimum absolute atomic E-state index is 0.0783. The highest BCUT2D eigenvalue weighted by Gasteiger charge is 2.22. The number of aryl methyl sites for hydroxylation is 1. The maximum absolute atomic E-state index is 12.0. The van der Waals surface area contributed by atoms with Crippen molar-refractivity contribution >= 4 is 16.8 Å². The number of hydrogen-bond donors (Lipinski definition) is 1. The Kier molecular flexibility index (Phi) is 3.82. The second-order valence-corrected chi connectivity index (χ2v) is 5.73. The summed E-state index contributed by atoms with van der Waals surface area (Å²) < 4.78 is 7.51. The van der Waals surface area contributed by atoms with E-state index in [0.29, 0.717) is 5.88 Å². The molecule has 3 rings (SSSR count). The van der Waals surface area contributed by atoms with Gasteiger partial charge in [0.05, 0.1) is 10.9 Å². The third kappa shape index (κ3) is 3.17. The molecule has 1 aromatic carbocycles. The number of aromatic nitrogens is 2. The van der Waals surface area contributed by atoms with Crippen molar-refractivity contribution in [3.8, 4) is 5.88 Å². The largest absolute Gasteiger partial charge is 0.463 e. The minimum Gasteiger partial charge on any atom is -0.463 e. The fourth-order valence-electron chi connectivity index (χ4n) is 2.44. The first-order valence-electron chi connectivity index (χ1n) is 7.51. The molecule has 2 aromatic rings. The monoisotopic (exact) mass is 287 g/mol. The summed E-state index contributed by atoms with van der Waals surface area (Å²) in [5, 5.41) is 8.20. The smallest absolute Gasteiger partial charge is 0.260 e. The molecule has 1 heterocycles. The zero-order valence-corrected chi connectivity index (χ0v) is 12.5. The number of para-hydroxylation sites is 1. The van der Waals surface area contributed by atoms with Crippen LogP contribution >= 0.6 is 0 Å². The number of ether oxygens (including phenoxy) is 1. The van der Waals surface area contributed by atoms with Crippen LogP contribution in [0.4, 0.5) is 0 Å². The first-order chi connectivity index (χ1) is 10.1. The molecule has 1 atom stereocenters. The molecule has 0 unspecified atom stereocenters. The number of nitrogens with zero attached hydrogens (tertiary/aromatic N) is 2. The van der Waals surface area contributed by atoms with Gasteiger partial charge in [-0.05, 0) is 31.4 Å². The molecule has 1 amide bonds. The molecule has 5 heteroatoms. The topological polar surface area (TPSA) is 56.2 Å². The number of hydrogen-bond acceptors (Lipinski definition) is 3. The average Bonchev–Trinajstić information content (AvgIpc) is 3.25. The van der Waals surface area contributed by atoms with Gasteiger partial charge in [-0.25, -0.2) is 0 Å². The van der Waals surface area contributed by atoms with Crippen LogP contribution in [0.3, 0.4) is 0 Å². The summed E-state index contributed by atoms with van der Waals surface area (Å²) in [4.78, 5) is 12.0. The van der Waals surface area contributed by atoms with Gasteiger partial charge in [0, 0.05) is 13.6 Å². The Balaban J connectivity index is 1.62. The molecule has 0 bridgehead atoms. The molecule has 1 N–H and O–H groups in total. The normalized spacial score (nSPS) is 15.9. The molecule has 1 aliphatic carbocycles. The van der Waals surface area contributed by atoms with Crippen LogP contribution < -0.4 is 10.1 Å². The van der Waals surface area contributed by atoms with Crippen molar-refractivity contribution in [2.24, 2.45) is 13.0 Å². The molecule has 21 heavy (non-hydrogen) atoms. The highest BCUT2D eigenvalue weighted by atomic mass is 16.5. The molecular formula is C16H21N3O2. The van der Waals surface area contributed by atoms with Crippen LogP contribution in [0.2, 0.25) is 0 Å². The van der Waals surface area contributed by atoms with Gasteiger partial charge in [-0.2, -0.15) is 0 Å². The molecule has 0 radical (unpaired) electrons. The first kappa shape index (κ1) is 13.9. The number of carbonyl (C=O) groups excluding carboxylic acids is 1. The van der Waals surface area contributed by atoms with E-state index in [1.54, 1.807) is 11.6 Å². The molecule has 1 aromatic heterocycles. The molecular weight excluding hydrogens is 266 g/mol. The van der Waals surface area contributed by atoms with Gasteiger partial charge in [0.2, 0.25) is 5.88 Å². The lowest BCUT2D eigenvalue weighted by atomic mass is 10.2. The van der Waals surface area contributed by atoms with E-state index in [0.717, 1.165) is 29.8 Å². The summed E-state index contributed by atoms with van der Waals surface area (Å²) in [6, 6.07) is 7.84. The Morgan fingerprint density at radius 3 is 3.00 bits per heavy atom. The van der Waals surface area contributed by atoms with Crippen molar-refractivity contribution in [2.45, 2.75) is 32.3 Å². The Morgan fingerprint density at radius 2 is 2.24 bits per heavy atom. The molecule has 1 aliphatic rings. The summed E-state index contributed by atoms with van der Waals surface area (Å²) in [6.45, 7) is 2.50. The minimum atomic E-state index is -0.539. The maximum Gasteiger partial charge on any atom is 0.260 e. The van der Waals surface area contributed by atoms with E-state index in [2.05, 4.69) is 10.4 Å². The lowest BCUT2D eigenvalue weighted by molar-refractivity contribution is -0.127. The van der Waals surface area contributed by atoms with Crippen LogP contribution in [-0.4, -0.2) is 28.3 Å². The Bertz CT molecular complexity index is 646. The third-order valence-corrected chi connectivity index (χ3v) is 3.93. The highest BCUT2D eigenvalue weighted by molar-refractivity contribution is 5.85. The molecule has 5 nitrogen and oxygen atoms in total. The van der Waals surface area contributed by atoms with Gasteiger partial charge in [-0.1, -0.05) is 25.0 Å². The SMILES string of the molecule is C[C@@H](Oc1nn(C)c2ccccc12)C(=O)NCCC1CC1. The quantitative estimate of drug-likeness (QED) is 0.886. The first-order valence-corrected chi connectivity index (χ1v) is 7.51. The molecule has 1 fully saturated rings. The van der Waals surface area contributed by atoms with Gasteiger partial charge in [0.25, 0.3) is 5.91 Å². The average molecular weight is 287 g/mol. The van der Waals surface area contributed by atoms with Gasteiger partial charge in [-0.3, -0.25) is 9.48 Å². The van der Waals surface area contributed by atoms with Gasteiger partial charge in [0.15, 0.2) is 6.10 Å². The number of rotatable bonds is 6. The summed E-state index contributed by atoms with van der Waals surface area (Å²) in [7, 11) is 1.87. The fraction of sp³-hybridized carbons (Fsp3) is 0.500. The van der Waals surface area contributed by atoms with Crippen LogP contribution in [0.15, 0.2) is 24.3 Å². The van der Waals surface area contributed by atoms with Crippen LogP contribution in [0.1, 0.15) is 26.2 Å². The second-order valence-electron chi connectivity index (χ2n) is 5.73. The van der Waals surface area contributed by atoms with E-state index in [-0.39, 0.29) is 5.91 Å². The van der Waals surface area contributed by atoms with Crippen molar-refractivity contribution in [1.29, 1.82) is 0 Å². The lowest BCUT2D eigenvalue weighted by Crippen LogP contribution is -2.37. The maximum atomic E-state index is 12.0. The van der Waals surface area contributed by atoms with Gasteiger partial charge in [-0.15, -0.1) is 5.10 Å². The van der Waals surface area contributed by atoms with Crippen LogP contribution in [-0.2, 0) is 11.8 Å². The zero-order valence-electron chi connectivity index (χ0n) is 12.5. The van der Waals surface area contributed by atoms with E-state index in [4.69, 9.17) is 4.74 Å². The fourth-order valence-corrected chi connectivity index (χ4v) is 2.44. The van der Waals surface area contributed by atoms with E-state index < -0.39 is 6.10 Å². The Labute approximate surface area is 124 Å². The Morgan fingerprint density at radius 1 is 1.48 bits per heavy atom. The van der Waals surface area contributed by atoms with E-state index in [9.17, 15) is 4.79 Å². The van der Waals surface area contributed by atoms with Crippen LogP contribution in [0.25, 0.3) is 10.9 Å². The molecule has 0 saturated heterocycles. The summed E-state index contributed by atoms with van der Waals surface area (Å²) in [5.41, 5.74) is 0.994. The van der Waals surface area contributed by atoms with Crippen LogP contribution in [0.5, 0.6) is 5.88 Å². The summed E-state index contributed by atoms with van der Waals surface area (Å²) in [6.07, 6.45) is 3.15. The van der Waals surface area contributed by atoms with Gasteiger partial charge < -0.3 is 10.1 Å². The molecule has 1 saturated carbocycles. The number of benzene rings is 1. The van der Waals surface area contributed by atoms with Crippen molar-refractivity contribution in [3.63, 3.8) is 0 Å². The van der Waals surface area contributed by atoms with Crippen molar-refractivity contribution in [1.82, 2.24) is 15.1 Å². The second kappa shape index (κ2) is 5.76. The number of amides is 1. The predicted octanol–water partition coefficient (Wildman–Crippen LogP) is 2.26. The van der Waals surface area contributed by atoms with Crippen molar-refractivity contribution in [3.05, 3.63) is 24.3 Å². The zero-order chi connectivity index (χ0) is 14.8. The number of fused-ring (bicyclic) bond motifs is 1. The van der Waals surface area contributed by atoms with Crippen molar-refractivity contribution < 1.29 is 9.53 Å².